The number of hydrogen-bond acceptors (Lipinski definition) is 5. The second-order valence-electron chi connectivity index (χ2n) is 4.36. The standard InChI is InChI=1S/C15H22N2O5/c1-5-22-15(19)16-8-9-17(11(2)18)13-7-6-12(20-3)10-14(13)21-4/h6-7,10H,5,8-9H2,1-4H3,(H,16,19). The third-order valence-electron chi connectivity index (χ3n) is 2.94. The molecule has 1 aromatic rings. The van der Waals surface area contributed by atoms with E-state index in [2.05, 4.69) is 5.32 Å². The molecule has 2 amide bonds. The lowest BCUT2D eigenvalue weighted by Crippen LogP contribution is -2.38. The fourth-order valence-electron chi connectivity index (χ4n) is 1.91. The third-order valence-corrected chi connectivity index (χ3v) is 2.94. The summed E-state index contributed by atoms with van der Waals surface area (Å²) in [5, 5.41) is 2.58. The Hall–Kier alpha value is -2.44. The molecular formula is C15H22N2O5. The second kappa shape index (κ2) is 8.76. The van der Waals surface area contributed by atoms with Gasteiger partial charge in [0.15, 0.2) is 0 Å². The molecular weight excluding hydrogens is 288 g/mol. The van der Waals surface area contributed by atoms with Crippen molar-refractivity contribution in [1.82, 2.24) is 5.32 Å². The van der Waals surface area contributed by atoms with Crippen LogP contribution in [0.4, 0.5) is 10.5 Å². The van der Waals surface area contributed by atoms with Crippen LogP contribution in [0.25, 0.3) is 0 Å². The highest BCUT2D eigenvalue weighted by atomic mass is 16.5. The molecule has 1 N–H and O–H groups in total. The summed E-state index contributed by atoms with van der Waals surface area (Å²) in [4.78, 5) is 24.6. The molecule has 1 aromatic carbocycles. The van der Waals surface area contributed by atoms with E-state index in [0.29, 0.717) is 30.3 Å². The topological polar surface area (TPSA) is 77.1 Å². The van der Waals surface area contributed by atoms with E-state index in [9.17, 15) is 9.59 Å². The van der Waals surface area contributed by atoms with Crippen LogP contribution in [0.3, 0.4) is 0 Å². The minimum Gasteiger partial charge on any atom is -0.497 e. The van der Waals surface area contributed by atoms with E-state index in [1.54, 1.807) is 32.2 Å². The van der Waals surface area contributed by atoms with Gasteiger partial charge >= 0.3 is 6.09 Å². The molecule has 0 spiro atoms. The lowest BCUT2D eigenvalue weighted by atomic mass is 10.2. The number of amides is 2. The van der Waals surface area contributed by atoms with Crippen LogP contribution in [0, 0.1) is 0 Å². The first kappa shape index (κ1) is 17.6. The van der Waals surface area contributed by atoms with Crippen LogP contribution in [-0.2, 0) is 9.53 Å². The minimum atomic E-state index is -0.507. The van der Waals surface area contributed by atoms with Gasteiger partial charge in [-0.05, 0) is 19.1 Å². The van der Waals surface area contributed by atoms with Gasteiger partial charge in [-0.25, -0.2) is 4.79 Å². The molecule has 0 fully saturated rings. The zero-order chi connectivity index (χ0) is 16.5. The third kappa shape index (κ3) is 4.83. The summed E-state index contributed by atoms with van der Waals surface area (Å²) in [7, 11) is 3.08. The summed E-state index contributed by atoms with van der Waals surface area (Å²) in [5.74, 6) is 0.994. The van der Waals surface area contributed by atoms with Gasteiger partial charge < -0.3 is 24.4 Å². The Morgan fingerprint density at radius 1 is 1.23 bits per heavy atom. The van der Waals surface area contributed by atoms with E-state index in [0.717, 1.165) is 0 Å². The maximum Gasteiger partial charge on any atom is 0.407 e. The van der Waals surface area contributed by atoms with Crippen LogP contribution in [0.5, 0.6) is 11.5 Å². The SMILES string of the molecule is CCOC(=O)NCCN(C(C)=O)c1ccc(OC)cc1OC. The van der Waals surface area contributed by atoms with Crippen molar-refractivity contribution in [2.45, 2.75) is 13.8 Å². The van der Waals surface area contributed by atoms with E-state index >= 15 is 0 Å². The zero-order valence-electron chi connectivity index (χ0n) is 13.3. The molecule has 22 heavy (non-hydrogen) atoms. The Kier molecular flexibility index (Phi) is 7.01. The maximum atomic E-state index is 11.9. The molecule has 0 aliphatic carbocycles. The minimum absolute atomic E-state index is 0.158. The van der Waals surface area contributed by atoms with Crippen molar-refractivity contribution < 1.29 is 23.8 Å². The van der Waals surface area contributed by atoms with Crippen LogP contribution >= 0.6 is 0 Å². The first-order chi connectivity index (χ1) is 10.5. The Bertz CT molecular complexity index is 519. The Labute approximate surface area is 130 Å². The second-order valence-corrected chi connectivity index (χ2v) is 4.36. The van der Waals surface area contributed by atoms with Gasteiger partial charge in [0, 0.05) is 26.1 Å². The van der Waals surface area contributed by atoms with Gasteiger partial charge in [0.05, 0.1) is 26.5 Å². The van der Waals surface area contributed by atoms with Crippen molar-refractivity contribution >= 4 is 17.7 Å². The molecule has 7 heteroatoms. The van der Waals surface area contributed by atoms with Crippen LogP contribution in [0.15, 0.2) is 18.2 Å². The fourth-order valence-corrected chi connectivity index (χ4v) is 1.91. The molecule has 0 aliphatic heterocycles. The Balaban J connectivity index is 2.83. The summed E-state index contributed by atoms with van der Waals surface area (Å²) in [5.41, 5.74) is 0.612. The highest BCUT2D eigenvalue weighted by Gasteiger charge is 2.17. The number of hydrogen-bond donors (Lipinski definition) is 1. The lowest BCUT2D eigenvalue weighted by Gasteiger charge is -2.23. The van der Waals surface area contributed by atoms with E-state index in [4.69, 9.17) is 14.2 Å². The molecule has 0 aliphatic rings. The lowest BCUT2D eigenvalue weighted by molar-refractivity contribution is -0.116. The number of nitrogens with one attached hydrogen (secondary N) is 1. The fraction of sp³-hybridized carbons (Fsp3) is 0.467. The summed E-state index contributed by atoms with van der Waals surface area (Å²) < 4.78 is 15.2. The molecule has 122 valence electrons. The molecule has 0 unspecified atom stereocenters. The van der Waals surface area contributed by atoms with Crippen molar-refractivity contribution in [3.8, 4) is 11.5 Å². The molecule has 0 saturated carbocycles. The number of nitrogens with zero attached hydrogens (tertiary/aromatic N) is 1. The van der Waals surface area contributed by atoms with Gasteiger partial charge in [0.2, 0.25) is 5.91 Å². The highest BCUT2D eigenvalue weighted by molar-refractivity contribution is 5.93. The van der Waals surface area contributed by atoms with E-state index in [1.807, 2.05) is 0 Å². The predicted molar refractivity (Wildman–Crippen MR) is 82.6 cm³/mol. The van der Waals surface area contributed by atoms with Gasteiger partial charge in [-0.1, -0.05) is 0 Å². The molecule has 0 aromatic heterocycles. The summed E-state index contributed by atoms with van der Waals surface area (Å²) in [6.07, 6.45) is -0.507. The number of rotatable bonds is 7. The number of anilines is 1. The van der Waals surface area contributed by atoms with Crippen molar-refractivity contribution in [3.05, 3.63) is 18.2 Å². The highest BCUT2D eigenvalue weighted by Crippen LogP contribution is 2.32. The van der Waals surface area contributed by atoms with Gasteiger partial charge in [-0.3, -0.25) is 4.79 Å². The van der Waals surface area contributed by atoms with E-state index in [1.165, 1.54) is 18.9 Å². The smallest absolute Gasteiger partial charge is 0.407 e. The van der Waals surface area contributed by atoms with E-state index < -0.39 is 6.09 Å². The van der Waals surface area contributed by atoms with Crippen molar-refractivity contribution in [2.24, 2.45) is 0 Å². The number of alkyl carbamates (subject to hydrolysis) is 1. The average Bonchev–Trinajstić information content (AvgIpc) is 2.51. The van der Waals surface area contributed by atoms with Crippen molar-refractivity contribution in [2.75, 3.05) is 38.8 Å². The average molecular weight is 310 g/mol. The van der Waals surface area contributed by atoms with Crippen molar-refractivity contribution in [1.29, 1.82) is 0 Å². The number of carbonyl (C=O) groups excluding carboxylic acids is 2. The van der Waals surface area contributed by atoms with Gasteiger partial charge in [-0.2, -0.15) is 0 Å². The molecule has 0 saturated heterocycles. The molecule has 0 bridgehead atoms. The van der Waals surface area contributed by atoms with Crippen LogP contribution in [0.2, 0.25) is 0 Å². The first-order valence-electron chi connectivity index (χ1n) is 6.94. The van der Waals surface area contributed by atoms with Crippen LogP contribution in [-0.4, -0.2) is 45.9 Å². The van der Waals surface area contributed by atoms with Crippen LogP contribution < -0.4 is 19.7 Å². The Morgan fingerprint density at radius 3 is 2.50 bits per heavy atom. The van der Waals surface area contributed by atoms with Gasteiger partial charge in [0.1, 0.15) is 11.5 Å². The first-order valence-corrected chi connectivity index (χ1v) is 6.94. The molecule has 0 radical (unpaired) electrons. The molecule has 0 heterocycles. The van der Waals surface area contributed by atoms with E-state index in [-0.39, 0.29) is 12.5 Å². The summed E-state index contributed by atoms with van der Waals surface area (Å²) in [6, 6.07) is 5.18. The van der Waals surface area contributed by atoms with Gasteiger partial charge in [-0.15, -0.1) is 0 Å². The number of ether oxygens (including phenoxy) is 3. The molecule has 0 atom stereocenters. The quantitative estimate of drug-likeness (QED) is 0.831. The monoisotopic (exact) mass is 310 g/mol. The maximum absolute atomic E-state index is 11.9. The predicted octanol–water partition coefficient (Wildman–Crippen LogP) is 1.80. The van der Waals surface area contributed by atoms with Crippen molar-refractivity contribution in [3.63, 3.8) is 0 Å². The molecule has 1 rings (SSSR count). The Morgan fingerprint density at radius 2 is 1.95 bits per heavy atom. The zero-order valence-corrected chi connectivity index (χ0v) is 13.3. The number of methoxy groups -OCH3 is 2. The largest absolute Gasteiger partial charge is 0.497 e. The number of benzene rings is 1. The normalized spacial score (nSPS) is 9.82. The van der Waals surface area contributed by atoms with Gasteiger partial charge in [0.25, 0.3) is 0 Å². The number of carbonyl (C=O) groups is 2. The van der Waals surface area contributed by atoms with Crippen LogP contribution in [0.1, 0.15) is 13.8 Å². The summed E-state index contributed by atoms with van der Waals surface area (Å²) >= 11 is 0. The summed E-state index contributed by atoms with van der Waals surface area (Å²) in [6.45, 7) is 4.05. The molecule has 7 nitrogen and oxygen atoms in total.